The lowest BCUT2D eigenvalue weighted by Gasteiger charge is -2.19. The van der Waals surface area contributed by atoms with E-state index in [0.29, 0.717) is 25.7 Å². The Morgan fingerprint density at radius 3 is 2.85 bits per heavy atom. The molecule has 5 nitrogen and oxygen atoms in total. The number of thiophene rings is 1. The third-order valence-electron chi connectivity index (χ3n) is 5.15. The summed E-state index contributed by atoms with van der Waals surface area (Å²) in [5, 5.41) is 34.8. The number of nitrogens with two attached hydrogens (primary N) is 1. The smallest absolute Gasteiger partial charge is 0.217 e. The number of aryl methyl sites for hydroxylation is 1. The van der Waals surface area contributed by atoms with Crippen molar-refractivity contribution >= 4 is 17.2 Å². The average Bonchev–Trinajstić information content (AvgIpc) is 3.22. The summed E-state index contributed by atoms with van der Waals surface area (Å²) in [6, 6.07) is 2.06. The van der Waals surface area contributed by atoms with Crippen LogP contribution in [0.5, 0.6) is 0 Å². The minimum absolute atomic E-state index is 0.0623. The number of aliphatic hydroxyl groups excluding tert-OH is 3. The van der Waals surface area contributed by atoms with Gasteiger partial charge in [0.15, 0.2) is 0 Å². The van der Waals surface area contributed by atoms with Gasteiger partial charge in [-0.1, -0.05) is 24.3 Å². The van der Waals surface area contributed by atoms with Crippen LogP contribution in [0, 0.1) is 11.8 Å². The highest BCUT2D eigenvalue weighted by molar-refractivity contribution is 7.07. The van der Waals surface area contributed by atoms with Crippen LogP contribution in [0.2, 0.25) is 0 Å². The maximum atomic E-state index is 10.7. The quantitative estimate of drug-likeness (QED) is 0.343. The fraction of sp³-hybridized carbons (Fsp3) is 0.571. The van der Waals surface area contributed by atoms with Gasteiger partial charge in [-0.25, -0.2) is 0 Å². The van der Waals surface area contributed by atoms with Gasteiger partial charge in [0.25, 0.3) is 0 Å². The van der Waals surface area contributed by atoms with E-state index in [1.54, 1.807) is 17.4 Å². The van der Waals surface area contributed by atoms with Crippen molar-refractivity contribution in [1.29, 1.82) is 0 Å². The van der Waals surface area contributed by atoms with E-state index in [4.69, 9.17) is 5.73 Å². The topological polar surface area (TPSA) is 104 Å². The number of amides is 1. The summed E-state index contributed by atoms with van der Waals surface area (Å²) in [7, 11) is 0. The molecule has 0 aliphatic heterocycles. The van der Waals surface area contributed by atoms with Gasteiger partial charge in [0, 0.05) is 18.8 Å². The van der Waals surface area contributed by atoms with Crippen LogP contribution in [0.15, 0.2) is 41.1 Å². The van der Waals surface area contributed by atoms with Crippen molar-refractivity contribution < 1.29 is 20.1 Å². The van der Waals surface area contributed by atoms with Crippen LogP contribution >= 0.6 is 11.3 Å². The zero-order valence-corrected chi connectivity index (χ0v) is 16.4. The predicted octanol–water partition coefficient (Wildman–Crippen LogP) is 2.56. The Labute approximate surface area is 165 Å². The first-order valence-electron chi connectivity index (χ1n) is 9.64. The van der Waals surface area contributed by atoms with Crippen LogP contribution in [0.1, 0.15) is 44.1 Å². The number of primary amides is 1. The van der Waals surface area contributed by atoms with E-state index < -0.39 is 18.3 Å². The highest BCUT2D eigenvalue weighted by Gasteiger charge is 2.39. The summed E-state index contributed by atoms with van der Waals surface area (Å²) in [4.78, 5) is 10.7. The Kier molecular flexibility index (Phi) is 9.21. The van der Waals surface area contributed by atoms with Crippen LogP contribution in [-0.2, 0) is 11.2 Å². The standard InChI is InChI=1S/C21H31NO4S/c22-21(26)6-4-2-1-3-5-17-18(20(25)13-19(17)24)10-9-16(23)8-7-15-11-12-27-14-15/h1,3,9-12,14,16-20,23-25H,2,4-8,13H2,(H2,22,26)/b3-1-,10-9+/t16-,17-,18-,19+,20-/m1/s1. The summed E-state index contributed by atoms with van der Waals surface area (Å²) < 4.78 is 0. The van der Waals surface area contributed by atoms with Gasteiger partial charge < -0.3 is 21.1 Å². The van der Waals surface area contributed by atoms with E-state index in [9.17, 15) is 20.1 Å². The number of hydrogen-bond donors (Lipinski definition) is 4. The summed E-state index contributed by atoms with van der Waals surface area (Å²) in [6.07, 6.45) is 10.3. The molecule has 0 spiro atoms. The minimum atomic E-state index is -0.589. The molecule has 1 aromatic rings. The summed E-state index contributed by atoms with van der Waals surface area (Å²) >= 11 is 1.65. The van der Waals surface area contributed by atoms with Crippen LogP contribution in [-0.4, -0.2) is 39.5 Å². The van der Waals surface area contributed by atoms with Gasteiger partial charge in [-0.05, 0) is 60.4 Å². The second-order valence-electron chi connectivity index (χ2n) is 7.30. The molecule has 0 saturated heterocycles. The van der Waals surface area contributed by atoms with Gasteiger partial charge in [0.1, 0.15) is 0 Å². The van der Waals surface area contributed by atoms with E-state index in [1.807, 2.05) is 23.6 Å². The van der Waals surface area contributed by atoms with Gasteiger partial charge in [-0.15, -0.1) is 0 Å². The second kappa shape index (κ2) is 11.4. The Bertz CT molecular complexity index is 614. The molecule has 1 fully saturated rings. The van der Waals surface area contributed by atoms with E-state index in [0.717, 1.165) is 19.3 Å². The highest BCUT2D eigenvalue weighted by atomic mass is 32.1. The molecule has 1 saturated carbocycles. The molecule has 1 aliphatic carbocycles. The largest absolute Gasteiger partial charge is 0.393 e. The lowest BCUT2D eigenvalue weighted by molar-refractivity contribution is -0.118. The van der Waals surface area contributed by atoms with Gasteiger partial charge in [-0.2, -0.15) is 11.3 Å². The maximum absolute atomic E-state index is 10.7. The molecule has 150 valence electrons. The molecule has 0 bridgehead atoms. The molecule has 1 aliphatic rings. The number of carbonyl (C=O) groups is 1. The van der Waals surface area contributed by atoms with Crippen molar-refractivity contribution in [2.24, 2.45) is 17.6 Å². The summed E-state index contributed by atoms with van der Waals surface area (Å²) in [5.74, 6) is -0.515. The van der Waals surface area contributed by atoms with Gasteiger partial charge in [-0.3, -0.25) is 4.79 Å². The fourth-order valence-corrected chi connectivity index (χ4v) is 4.28. The van der Waals surface area contributed by atoms with Crippen LogP contribution in [0.4, 0.5) is 0 Å². The summed E-state index contributed by atoms with van der Waals surface area (Å²) in [5.41, 5.74) is 6.34. The van der Waals surface area contributed by atoms with Crippen molar-refractivity contribution in [3.63, 3.8) is 0 Å². The number of aliphatic hydroxyl groups is 3. The normalized spacial score (nSPS) is 26.9. The van der Waals surface area contributed by atoms with Crippen molar-refractivity contribution in [3.8, 4) is 0 Å². The number of unbranched alkanes of at least 4 members (excludes halogenated alkanes) is 1. The summed E-state index contributed by atoms with van der Waals surface area (Å²) in [6.45, 7) is 0. The van der Waals surface area contributed by atoms with Gasteiger partial charge in [0.2, 0.25) is 5.91 Å². The first-order valence-corrected chi connectivity index (χ1v) is 10.6. The number of rotatable bonds is 11. The predicted molar refractivity (Wildman–Crippen MR) is 108 cm³/mol. The molecule has 1 aromatic heterocycles. The molecule has 5 atom stereocenters. The van der Waals surface area contributed by atoms with E-state index in [2.05, 4.69) is 11.4 Å². The van der Waals surface area contributed by atoms with E-state index >= 15 is 0 Å². The second-order valence-corrected chi connectivity index (χ2v) is 8.08. The molecule has 6 heteroatoms. The number of carbonyl (C=O) groups excluding carboxylic acids is 1. The lowest BCUT2D eigenvalue weighted by atomic mass is 9.89. The number of hydrogen-bond acceptors (Lipinski definition) is 5. The molecule has 27 heavy (non-hydrogen) atoms. The van der Waals surface area contributed by atoms with Crippen LogP contribution in [0.3, 0.4) is 0 Å². The van der Waals surface area contributed by atoms with E-state index in [-0.39, 0.29) is 17.7 Å². The first-order chi connectivity index (χ1) is 13.0. The zero-order chi connectivity index (χ0) is 19.6. The molecule has 0 aromatic carbocycles. The van der Waals surface area contributed by atoms with Crippen LogP contribution in [0.25, 0.3) is 0 Å². The Balaban J connectivity index is 1.81. The third-order valence-corrected chi connectivity index (χ3v) is 5.88. The van der Waals surface area contributed by atoms with Gasteiger partial charge >= 0.3 is 0 Å². The Morgan fingerprint density at radius 1 is 1.33 bits per heavy atom. The highest BCUT2D eigenvalue weighted by Crippen LogP contribution is 2.36. The molecule has 1 heterocycles. The van der Waals surface area contributed by atoms with Crippen molar-refractivity contribution in [2.45, 2.75) is 63.3 Å². The van der Waals surface area contributed by atoms with Crippen molar-refractivity contribution in [1.82, 2.24) is 0 Å². The van der Waals surface area contributed by atoms with E-state index in [1.165, 1.54) is 5.56 Å². The Morgan fingerprint density at radius 2 is 2.15 bits per heavy atom. The van der Waals surface area contributed by atoms with Crippen molar-refractivity contribution in [3.05, 3.63) is 46.7 Å². The maximum Gasteiger partial charge on any atom is 0.217 e. The Hall–Kier alpha value is -1.47. The monoisotopic (exact) mass is 393 g/mol. The molecule has 0 radical (unpaired) electrons. The SMILES string of the molecule is NC(=O)CCC/C=C\C[C@@H]1[C@@H](/C=C/[C@H](O)CCc2ccsc2)[C@H](O)C[C@@H]1O. The first kappa shape index (κ1) is 21.8. The minimum Gasteiger partial charge on any atom is -0.393 e. The molecule has 1 amide bonds. The third kappa shape index (κ3) is 7.58. The molecule has 0 unspecified atom stereocenters. The molecule has 2 rings (SSSR count). The molecular weight excluding hydrogens is 362 g/mol. The molecule has 5 N–H and O–H groups in total. The zero-order valence-electron chi connectivity index (χ0n) is 15.6. The van der Waals surface area contributed by atoms with Gasteiger partial charge in [0.05, 0.1) is 18.3 Å². The van der Waals surface area contributed by atoms with Crippen molar-refractivity contribution in [2.75, 3.05) is 0 Å². The lowest BCUT2D eigenvalue weighted by Crippen LogP contribution is -2.20. The fourth-order valence-electron chi connectivity index (χ4n) is 3.57. The van der Waals surface area contributed by atoms with Crippen LogP contribution < -0.4 is 5.73 Å². The average molecular weight is 394 g/mol. The number of allylic oxidation sites excluding steroid dienone is 2. The molecular formula is C21H31NO4S.